The van der Waals surface area contributed by atoms with Crippen molar-refractivity contribution in [3.8, 4) is 16.9 Å². The number of aliphatic hydroxyl groups excluding tert-OH is 1. The third-order valence-corrected chi connectivity index (χ3v) is 8.14. The van der Waals surface area contributed by atoms with Crippen LogP contribution in [-0.2, 0) is 0 Å². The highest BCUT2D eigenvalue weighted by molar-refractivity contribution is 5.95. The summed E-state index contributed by atoms with van der Waals surface area (Å²) in [6.07, 6.45) is 5.06. The van der Waals surface area contributed by atoms with E-state index in [-0.39, 0.29) is 18.6 Å². The van der Waals surface area contributed by atoms with Crippen molar-refractivity contribution in [1.82, 2.24) is 9.80 Å². The molecule has 2 aromatic carbocycles. The van der Waals surface area contributed by atoms with Gasteiger partial charge < -0.3 is 19.6 Å². The summed E-state index contributed by atoms with van der Waals surface area (Å²) in [5.41, 5.74) is 1.73. The summed E-state index contributed by atoms with van der Waals surface area (Å²) >= 11 is 0. The summed E-state index contributed by atoms with van der Waals surface area (Å²) in [6, 6.07) is 15.7. The van der Waals surface area contributed by atoms with E-state index in [1.165, 1.54) is 0 Å². The van der Waals surface area contributed by atoms with Gasteiger partial charge in [-0.05, 0) is 92.9 Å². The summed E-state index contributed by atoms with van der Waals surface area (Å²) in [5, 5.41) is 9.51. The fourth-order valence-corrected chi connectivity index (χ4v) is 5.41. The van der Waals surface area contributed by atoms with Gasteiger partial charge in [0.1, 0.15) is 11.4 Å². The van der Waals surface area contributed by atoms with Crippen LogP contribution in [0.3, 0.4) is 0 Å². The number of nitrogens with zero attached hydrogens (tertiary/aromatic N) is 2. The van der Waals surface area contributed by atoms with E-state index in [0.717, 1.165) is 55.6 Å². The number of rotatable bonds is 10. The van der Waals surface area contributed by atoms with E-state index in [1.807, 2.05) is 62.4 Å². The van der Waals surface area contributed by atoms with Gasteiger partial charge >= 0.3 is 0 Å². The maximum atomic E-state index is 14.7. The zero-order valence-corrected chi connectivity index (χ0v) is 21.8. The molecule has 4 rings (SSSR count). The van der Waals surface area contributed by atoms with Crippen molar-refractivity contribution in [3.63, 3.8) is 0 Å². The first kappa shape index (κ1) is 26.6. The Hall–Kier alpha value is -2.44. The number of hydrogen-bond donors (Lipinski definition) is 1. The van der Waals surface area contributed by atoms with Gasteiger partial charge in [0.15, 0.2) is 0 Å². The molecule has 0 saturated carbocycles. The Bertz CT molecular complexity index is 967. The van der Waals surface area contributed by atoms with Crippen LogP contribution in [0.15, 0.2) is 48.5 Å². The first-order valence-corrected chi connectivity index (χ1v) is 13.6. The maximum absolute atomic E-state index is 14.7. The Morgan fingerprint density at radius 3 is 2.17 bits per heavy atom. The van der Waals surface area contributed by atoms with Gasteiger partial charge in [-0.2, -0.15) is 0 Å². The lowest BCUT2D eigenvalue weighted by atomic mass is 9.94. The van der Waals surface area contributed by atoms with Crippen LogP contribution in [-0.4, -0.2) is 71.9 Å². The molecule has 2 saturated heterocycles. The molecule has 2 heterocycles. The van der Waals surface area contributed by atoms with Crippen molar-refractivity contribution in [2.45, 2.75) is 64.1 Å². The van der Waals surface area contributed by atoms with E-state index in [2.05, 4.69) is 4.90 Å². The molecular weight excluding hydrogens is 455 g/mol. The average molecular weight is 497 g/mol. The second kappa shape index (κ2) is 12.2. The number of alkyl halides is 1. The molecule has 0 spiro atoms. The summed E-state index contributed by atoms with van der Waals surface area (Å²) in [4.78, 5) is 16.9. The van der Waals surface area contributed by atoms with Crippen LogP contribution in [0.2, 0.25) is 0 Å². The smallest absolute Gasteiger partial charge is 0.254 e. The van der Waals surface area contributed by atoms with Crippen LogP contribution in [0, 0.1) is 5.92 Å². The molecule has 2 aromatic rings. The number of ether oxygens (including phenoxy) is 1. The minimum atomic E-state index is -1.06. The molecule has 1 atom stereocenters. The standard InChI is InChI=1S/C30H41FN2O3/c1-3-30(31,4-2)22-32-18-15-23(16-19-32)21-36-28-13-11-25(12-14-28)24-7-9-26(10-8-24)29(35)33-17-5-6-27(33)20-34/h7-14,23,27,34H,3-6,15-22H2,1-2H3. The monoisotopic (exact) mass is 496 g/mol. The Labute approximate surface area is 215 Å². The SMILES string of the molecule is CCC(F)(CC)CN1CCC(COc2ccc(-c3ccc(C(=O)N4CCCC4CO)cc3)cc2)CC1. The van der Waals surface area contributed by atoms with E-state index < -0.39 is 5.67 Å². The van der Waals surface area contributed by atoms with E-state index >= 15 is 0 Å². The van der Waals surface area contributed by atoms with Crippen LogP contribution < -0.4 is 4.74 Å². The van der Waals surface area contributed by atoms with Crippen molar-refractivity contribution in [2.24, 2.45) is 5.92 Å². The molecule has 36 heavy (non-hydrogen) atoms. The molecule has 0 aliphatic carbocycles. The van der Waals surface area contributed by atoms with Crippen molar-refractivity contribution in [2.75, 3.05) is 39.4 Å². The number of likely N-dealkylation sites (tertiary alicyclic amines) is 2. The molecule has 6 heteroatoms. The zero-order chi connectivity index (χ0) is 25.5. The molecule has 2 aliphatic rings. The topological polar surface area (TPSA) is 53.0 Å². The van der Waals surface area contributed by atoms with Crippen LogP contribution in [0.1, 0.15) is 62.7 Å². The first-order chi connectivity index (χ1) is 17.4. The number of hydrogen-bond acceptors (Lipinski definition) is 4. The number of aliphatic hydroxyl groups is 1. The summed E-state index contributed by atoms with van der Waals surface area (Å²) in [7, 11) is 0. The van der Waals surface area contributed by atoms with E-state index in [9.17, 15) is 14.3 Å². The summed E-state index contributed by atoms with van der Waals surface area (Å²) < 4.78 is 20.8. The van der Waals surface area contributed by atoms with Crippen molar-refractivity contribution in [1.29, 1.82) is 0 Å². The van der Waals surface area contributed by atoms with Gasteiger partial charge in [0, 0.05) is 18.7 Å². The number of halogens is 1. The molecule has 1 amide bonds. The third-order valence-electron chi connectivity index (χ3n) is 8.14. The molecule has 2 fully saturated rings. The van der Waals surface area contributed by atoms with Crippen molar-refractivity contribution >= 4 is 5.91 Å². The Balaban J connectivity index is 1.25. The lowest BCUT2D eigenvalue weighted by molar-refractivity contribution is 0.0568. The van der Waals surface area contributed by atoms with E-state index in [4.69, 9.17) is 4.74 Å². The van der Waals surface area contributed by atoms with Crippen LogP contribution in [0.5, 0.6) is 5.75 Å². The van der Waals surface area contributed by atoms with Gasteiger partial charge in [0.05, 0.1) is 19.3 Å². The molecule has 0 radical (unpaired) electrons. The minimum Gasteiger partial charge on any atom is -0.493 e. The Morgan fingerprint density at radius 1 is 0.972 bits per heavy atom. The number of piperidine rings is 1. The van der Waals surface area contributed by atoms with Gasteiger partial charge in [-0.25, -0.2) is 4.39 Å². The highest BCUT2D eigenvalue weighted by atomic mass is 19.1. The number of carbonyl (C=O) groups is 1. The van der Waals surface area contributed by atoms with Gasteiger partial charge in [0.2, 0.25) is 0 Å². The van der Waals surface area contributed by atoms with Gasteiger partial charge in [0.25, 0.3) is 5.91 Å². The predicted octanol–water partition coefficient (Wildman–Crippen LogP) is 5.57. The zero-order valence-electron chi connectivity index (χ0n) is 21.8. The number of amides is 1. The van der Waals surface area contributed by atoms with Crippen molar-refractivity contribution < 1.29 is 19.0 Å². The number of carbonyl (C=O) groups excluding carboxylic acids is 1. The van der Waals surface area contributed by atoms with E-state index in [0.29, 0.717) is 44.0 Å². The van der Waals surface area contributed by atoms with Gasteiger partial charge in [-0.1, -0.05) is 38.1 Å². The Morgan fingerprint density at radius 2 is 1.58 bits per heavy atom. The lowest BCUT2D eigenvalue weighted by Crippen LogP contribution is -2.44. The Kier molecular flexibility index (Phi) is 9.02. The van der Waals surface area contributed by atoms with Gasteiger partial charge in [-0.3, -0.25) is 4.79 Å². The van der Waals surface area contributed by atoms with Crippen LogP contribution >= 0.6 is 0 Å². The van der Waals surface area contributed by atoms with Gasteiger partial charge in [-0.15, -0.1) is 0 Å². The maximum Gasteiger partial charge on any atom is 0.254 e. The molecular formula is C30H41FN2O3. The largest absolute Gasteiger partial charge is 0.493 e. The molecule has 1 unspecified atom stereocenters. The molecule has 5 nitrogen and oxygen atoms in total. The van der Waals surface area contributed by atoms with Crippen LogP contribution in [0.4, 0.5) is 4.39 Å². The highest BCUT2D eigenvalue weighted by Crippen LogP contribution is 2.27. The molecule has 2 aliphatic heterocycles. The van der Waals surface area contributed by atoms with E-state index in [1.54, 1.807) is 4.90 Å². The summed E-state index contributed by atoms with van der Waals surface area (Å²) in [6.45, 7) is 7.73. The predicted molar refractivity (Wildman–Crippen MR) is 142 cm³/mol. The van der Waals surface area contributed by atoms with Crippen molar-refractivity contribution in [3.05, 3.63) is 54.1 Å². The first-order valence-electron chi connectivity index (χ1n) is 13.6. The lowest BCUT2D eigenvalue weighted by Gasteiger charge is -2.36. The molecule has 0 aromatic heterocycles. The second-order valence-electron chi connectivity index (χ2n) is 10.5. The summed E-state index contributed by atoms with van der Waals surface area (Å²) in [5.74, 6) is 1.36. The third kappa shape index (κ3) is 6.46. The minimum absolute atomic E-state index is 0.00701. The molecule has 196 valence electrons. The normalized spacial score (nSPS) is 19.6. The van der Waals surface area contributed by atoms with Crippen LogP contribution in [0.25, 0.3) is 11.1 Å². The average Bonchev–Trinajstić information content (AvgIpc) is 3.42. The molecule has 1 N–H and O–H groups in total. The fraction of sp³-hybridized carbons (Fsp3) is 0.567. The molecule has 0 bridgehead atoms. The second-order valence-corrected chi connectivity index (χ2v) is 10.5. The number of benzene rings is 2. The quantitative estimate of drug-likeness (QED) is 0.467. The fourth-order valence-electron chi connectivity index (χ4n) is 5.41. The highest BCUT2D eigenvalue weighted by Gasteiger charge is 2.31.